The van der Waals surface area contributed by atoms with Crippen LogP contribution < -0.4 is 0 Å². The van der Waals surface area contributed by atoms with E-state index in [2.05, 4.69) is 5.38 Å². The van der Waals surface area contributed by atoms with Gasteiger partial charge >= 0.3 is 5.97 Å². The molecule has 7 rings (SSSR count). The first-order chi connectivity index (χ1) is 17.2. The number of carbonyl (C=O) groups is 2. The predicted molar refractivity (Wildman–Crippen MR) is 138 cm³/mol. The van der Waals surface area contributed by atoms with Gasteiger partial charge in [0.25, 0.3) is 0 Å². The minimum absolute atomic E-state index is 0.0441. The number of carbonyl (C=O) groups excluding carboxylic acids is 1. The Kier molecular flexibility index (Phi) is 6.03. The number of thiophene rings is 1. The smallest absolute Gasteiger partial charge is 0.353 e. The lowest BCUT2D eigenvalue weighted by molar-refractivity contribution is -1.09. The van der Waals surface area contributed by atoms with Gasteiger partial charge in [0.15, 0.2) is 4.34 Å². The number of hydrogen-bond acceptors (Lipinski definition) is 8. The number of aromatic nitrogens is 1. The Balaban J connectivity index is 1.24. The van der Waals surface area contributed by atoms with Crippen molar-refractivity contribution < 1.29 is 33.9 Å². The monoisotopic (exact) mass is 552 g/mol. The Hall–Kier alpha value is -1.54. The van der Waals surface area contributed by atoms with Gasteiger partial charge in [-0.25, -0.2) is 9.78 Å². The van der Waals surface area contributed by atoms with E-state index in [9.17, 15) is 24.9 Å². The molecule has 0 aliphatic carbocycles. The van der Waals surface area contributed by atoms with E-state index in [0.29, 0.717) is 4.91 Å². The number of fused-ring (bicyclic) bond motifs is 5. The van der Waals surface area contributed by atoms with Crippen molar-refractivity contribution in [2.45, 2.75) is 36.9 Å². The van der Waals surface area contributed by atoms with Gasteiger partial charge in [0, 0.05) is 21.8 Å². The van der Waals surface area contributed by atoms with Crippen LogP contribution in [-0.2, 0) is 16.1 Å². The number of hydrogen-bond donors (Lipinski definition) is 3. The van der Waals surface area contributed by atoms with E-state index < -0.39 is 18.0 Å². The fourth-order valence-corrected chi connectivity index (χ4v) is 10.4. The number of aliphatic hydroxyl groups is 2. The summed E-state index contributed by atoms with van der Waals surface area (Å²) in [6.45, 7) is 12.4. The van der Waals surface area contributed by atoms with Crippen LogP contribution in [0.5, 0.6) is 0 Å². The van der Waals surface area contributed by atoms with Crippen LogP contribution in [-0.4, -0.2) is 111 Å². The molecule has 36 heavy (non-hydrogen) atoms. The highest BCUT2D eigenvalue weighted by molar-refractivity contribution is 8.04. The minimum Gasteiger partial charge on any atom is -0.477 e. The zero-order valence-electron chi connectivity index (χ0n) is 20.4. The van der Waals surface area contributed by atoms with Gasteiger partial charge in [-0.05, 0) is 6.92 Å². The summed E-state index contributed by atoms with van der Waals surface area (Å²) < 4.78 is 4.10. The Morgan fingerprint density at radius 3 is 2.53 bits per heavy atom. The summed E-state index contributed by atoms with van der Waals surface area (Å²) in [5, 5.41) is 31.7. The van der Waals surface area contributed by atoms with Gasteiger partial charge in [-0.15, -0.1) is 11.3 Å². The first kappa shape index (κ1) is 24.8. The normalized spacial score (nSPS) is 34.4. The quantitative estimate of drug-likeness (QED) is 0.338. The van der Waals surface area contributed by atoms with Crippen LogP contribution in [0.15, 0.2) is 20.3 Å². The molecule has 194 valence electrons. The molecule has 1 amide bonds. The van der Waals surface area contributed by atoms with Crippen LogP contribution >= 0.6 is 34.4 Å². The summed E-state index contributed by atoms with van der Waals surface area (Å²) in [5.41, 5.74) is 2.33. The predicted octanol–water partition coefficient (Wildman–Crippen LogP) is 1.76. The lowest BCUT2D eigenvalue weighted by atomic mass is 9.79. The van der Waals surface area contributed by atoms with E-state index in [1.807, 2.05) is 6.92 Å². The van der Waals surface area contributed by atoms with Crippen molar-refractivity contribution in [2.24, 2.45) is 11.8 Å². The summed E-state index contributed by atoms with van der Waals surface area (Å²) in [7, 11) is 0. The number of nitrogens with zero attached hydrogens (tertiary/aromatic N) is 4. The Labute approximate surface area is 221 Å². The number of thioether (sulfide) groups is 1. The second-order valence-corrected chi connectivity index (χ2v) is 14.3. The summed E-state index contributed by atoms with van der Waals surface area (Å²) >= 11 is 4.66. The van der Waals surface area contributed by atoms with Crippen molar-refractivity contribution in [1.29, 1.82) is 0 Å². The van der Waals surface area contributed by atoms with Crippen molar-refractivity contribution in [2.75, 3.05) is 52.4 Å². The van der Waals surface area contributed by atoms with Crippen molar-refractivity contribution in [3.63, 3.8) is 0 Å². The van der Waals surface area contributed by atoms with Gasteiger partial charge in [-0.2, -0.15) is 0 Å². The minimum atomic E-state index is -1.11. The second-order valence-electron chi connectivity index (χ2n) is 10.9. The average Bonchev–Trinajstić information content (AvgIpc) is 3.47. The van der Waals surface area contributed by atoms with Gasteiger partial charge in [-0.1, -0.05) is 30.0 Å². The fourth-order valence-electron chi connectivity index (χ4n) is 6.75. The number of quaternary nitrogens is 2. The Morgan fingerprint density at radius 2 is 1.92 bits per heavy atom. The molecular weight excluding hydrogens is 520 g/mol. The number of aliphatic carboxylic acids is 1. The van der Waals surface area contributed by atoms with Gasteiger partial charge in [0.2, 0.25) is 5.91 Å². The molecule has 12 heteroatoms. The third-order valence-electron chi connectivity index (χ3n) is 8.92. The average molecular weight is 553 g/mol. The highest BCUT2D eigenvalue weighted by atomic mass is 32.2. The molecule has 7 heterocycles. The first-order valence-corrected chi connectivity index (χ1v) is 15.0. The number of thiazole rings is 1. The van der Waals surface area contributed by atoms with Gasteiger partial charge in [0.1, 0.15) is 67.6 Å². The maximum absolute atomic E-state index is 12.6. The summed E-state index contributed by atoms with van der Waals surface area (Å²) in [5.74, 6) is -2.14. The summed E-state index contributed by atoms with van der Waals surface area (Å²) in [6.07, 6.45) is -0.807. The molecule has 5 aliphatic heterocycles. The first-order valence-electron chi connectivity index (χ1n) is 12.5. The molecule has 0 unspecified atom stereocenters. The van der Waals surface area contributed by atoms with Crippen molar-refractivity contribution in [3.05, 3.63) is 21.5 Å². The molecule has 9 nitrogen and oxygen atoms in total. The molecule has 5 aliphatic rings. The number of rotatable bonds is 8. The topological polar surface area (TPSA) is 111 Å². The number of carboxylic acids is 1. The highest BCUT2D eigenvalue weighted by Gasteiger charge is 2.60. The Morgan fingerprint density at radius 1 is 1.25 bits per heavy atom. The molecule has 0 aromatic carbocycles. The highest BCUT2D eigenvalue weighted by Crippen LogP contribution is 2.53. The standard InChI is InChI=1S/C24H31N4O5S3/c1-13-18-16(14(2)30)21(31)26(18)19(22(32)33)20(13)35-24-25-17-15(12-34-23(17)36-24)11-28-6-3-27(4-7-28,5-8-28)9-10-29/h12-14,16,18,29-30H,3-11H2,1-2H3/q+1/p+1/t13-,14-,16-,18-,27?,28?/m1/s1. The number of aliphatic hydroxyl groups excluding tert-OH is 2. The molecule has 2 aromatic heterocycles. The largest absolute Gasteiger partial charge is 0.477 e. The maximum atomic E-state index is 12.6. The van der Waals surface area contributed by atoms with Gasteiger partial charge in [-0.3, -0.25) is 4.79 Å². The fraction of sp³-hybridized carbons (Fsp3) is 0.625. The molecule has 0 spiro atoms. The van der Waals surface area contributed by atoms with E-state index in [1.54, 1.807) is 29.6 Å². The van der Waals surface area contributed by atoms with E-state index >= 15 is 0 Å². The molecule has 2 bridgehead atoms. The number of amides is 1. The SMILES string of the molecule is C[C@@H](O)[C@H]1C(=O)N2C(C(=O)O)=C(Sc3nc4c(C[N+]56CC[N+](CCO)(CC5)CC6)csc4s3)[C@H](C)[C@H]12. The molecule has 3 N–H and O–H groups in total. The number of carboxylic acid groups (broad SMARTS) is 1. The van der Waals surface area contributed by atoms with Crippen LogP contribution in [0.4, 0.5) is 0 Å². The number of piperazine rings is 3. The number of β-lactam (4-membered cyclic amide) rings is 1. The van der Waals surface area contributed by atoms with E-state index in [-0.39, 0.29) is 30.2 Å². The molecule has 0 radical (unpaired) electrons. The van der Waals surface area contributed by atoms with Crippen molar-refractivity contribution >= 4 is 55.8 Å². The van der Waals surface area contributed by atoms with E-state index in [4.69, 9.17) is 4.98 Å². The third-order valence-corrected chi connectivity index (χ3v) is 12.5. The zero-order valence-corrected chi connectivity index (χ0v) is 22.9. The lowest BCUT2D eigenvalue weighted by Gasteiger charge is -2.55. The maximum Gasteiger partial charge on any atom is 0.353 e. The molecular formula is C24H32N4O5S3+2. The van der Waals surface area contributed by atoms with Crippen LogP contribution in [0.3, 0.4) is 0 Å². The van der Waals surface area contributed by atoms with E-state index in [0.717, 1.165) is 75.2 Å². The van der Waals surface area contributed by atoms with Crippen LogP contribution in [0.25, 0.3) is 9.53 Å². The molecule has 4 atom stereocenters. The van der Waals surface area contributed by atoms with Crippen LogP contribution in [0.2, 0.25) is 0 Å². The van der Waals surface area contributed by atoms with E-state index in [1.165, 1.54) is 22.2 Å². The zero-order chi connectivity index (χ0) is 25.4. The molecule has 4 saturated heterocycles. The lowest BCUT2D eigenvalue weighted by Crippen LogP contribution is -2.74. The summed E-state index contributed by atoms with van der Waals surface area (Å²) in [6, 6.07) is -0.312. The summed E-state index contributed by atoms with van der Waals surface area (Å²) in [4.78, 5) is 31.7. The van der Waals surface area contributed by atoms with Crippen molar-refractivity contribution in [1.82, 2.24) is 9.88 Å². The van der Waals surface area contributed by atoms with Crippen LogP contribution in [0.1, 0.15) is 19.4 Å². The second kappa shape index (κ2) is 8.75. The van der Waals surface area contributed by atoms with Crippen molar-refractivity contribution in [3.8, 4) is 0 Å². The van der Waals surface area contributed by atoms with Gasteiger partial charge < -0.3 is 29.2 Å². The van der Waals surface area contributed by atoms with Crippen LogP contribution in [0, 0.1) is 11.8 Å². The van der Waals surface area contributed by atoms with Gasteiger partial charge in [0.05, 0.1) is 24.7 Å². The molecule has 2 aromatic rings. The molecule has 0 saturated carbocycles. The Bertz CT molecular complexity index is 1250. The third kappa shape index (κ3) is 3.68. The molecule has 4 fully saturated rings.